The fourth-order valence-corrected chi connectivity index (χ4v) is 2.81. The van der Waals surface area contributed by atoms with E-state index in [4.69, 9.17) is 11.6 Å². The van der Waals surface area contributed by atoms with Gasteiger partial charge in [-0.05, 0) is 29.3 Å². The Morgan fingerprint density at radius 2 is 1.74 bits per heavy atom. The largest absolute Gasteiger partial charge is 0.346 e. The number of H-pyrrole nitrogens is 1. The van der Waals surface area contributed by atoms with E-state index in [0.717, 1.165) is 33.3 Å². The molecule has 0 atom stereocenters. The smallest absolute Gasteiger partial charge is 0.142 e. The van der Waals surface area contributed by atoms with Gasteiger partial charge in [0.25, 0.3) is 0 Å². The summed E-state index contributed by atoms with van der Waals surface area (Å²) in [5.74, 6) is -0.429. The molecule has 0 aliphatic carbocycles. The topological polar surface area (TPSA) is 28.7 Å². The molecule has 0 aliphatic rings. The van der Waals surface area contributed by atoms with E-state index in [9.17, 15) is 4.39 Å². The summed E-state index contributed by atoms with van der Waals surface area (Å²) in [6, 6.07) is 16.9. The number of rotatable bonds is 2. The molecule has 0 saturated heterocycles. The Bertz CT molecular complexity index is 993. The van der Waals surface area contributed by atoms with Crippen LogP contribution in [-0.4, -0.2) is 9.97 Å². The van der Waals surface area contributed by atoms with Crippen LogP contribution in [0.15, 0.2) is 67.0 Å². The summed E-state index contributed by atoms with van der Waals surface area (Å²) in [4.78, 5) is 7.62. The van der Waals surface area contributed by atoms with Gasteiger partial charge >= 0.3 is 0 Å². The highest BCUT2D eigenvalue weighted by molar-refractivity contribution is 6.30. The van der Waals surface area contributed by atoms with E-state index < -0.39 is 5.82 Å². The van der Waals surface area contributed by atoms with Crippen molar-refractivity contribution in [2.75, 3.05) is 0 Å². The molecular weight excluding hydrogens is 311 g/mol. The zero-order chi connectivity index (χ0) is 15.8. The second-order valence-corrected chi connectivity index (χ2v) is 5.72. The van der Waals surface area contributed by atoms with Crippen molar-refractivity contribution in [3.05, 3.63) is 77.8 Å². The molecule has 4 heteroatoms. The van der Waals surface area contributed by atoms with Gasteiger partial charge in [0.15, 0.2) is 0 Å². The molecule has 4 rings (SSSR count). The summed E-state index contributed by atoms with van der Waals surface area (Å²) in [5, 5.41) is 1.12. The molecule has 0 spiro atoms. The summed E-state index contributed by atoms with van der Waals surface area (Å²) in [6.45, 7) is 0. The fraction of sp³-hybridized carbons (Fsp3) is 0. The van der Waals surface area contributed by atoms with E-state index in [0.29, 0.717) is 0 Å². The molecule has 2 aromatic heterocycles. The highest BCUT2D eigenvalue weighted by Gasteiger charge is 2.10. The second-order valence-electron chi connectivity index (χ2n) is 5.32. The van der Waals surface area contributed by atoms with Gasteiger partial charge in [-0.1, -0.05) is 48.0 Å². The van der Waals surface area contributed by atoms with Gasteiger partial charge < -0.3 is 4.98 Å². The maximum Gasteiger partial charge on any atom is 0.142 e. The first-order chi connectivity index (χ1) is 11.2. The summed E-state index contributed by atoms with van der Waals surface area (Å²) in [5.41, 5.74) is 4.60. The molecule has 0 amide bonds. The van der Waals surface area contributed by atoms with Crippen LogP contribution >= 0.6 is 11.6 Å². The Balaban J connectivity index is 1.88. The van der Waals surface area contributed by atoms with Crippen molar-refractivity contribution in [2.24, 2.45) is 0 Å². The van der Waals surface area contributed by atoms with Crippen molar-refractivity contribution in [3.8, 4) is 22.3 Å². The van der Waals surface area contributed by atoms with Crippen LogP contribution in [0.2, 0.25) is 5.02 Å². The SMILES string of the molecule is Fc1cc(-c2cnc3[nH]cc(-c4ccccc4)c3c2)ccc1Cl. The molecule has 23 heavy (non-hydrogen) atoms. The van der Waals surface area contributed by atoms with Crippen LogP contribution in [0.25, 0.3) is 33.3 Å². The first-order valence-electron chi connectivity index (χ1n) is 7.20. The third-order valence-corrected chi connectivity index (χ3v) is 4.18. The van der Waals surface area contributed by atoms with Crippen molar-refractivity contribution in [3.63, 3.8) is 0 Å². The third-order valence-electron chi connectivity index (χ3n) is 3.87. The van der Waals surface area contributed by atoms with Crippen molar-refractivity contribution in [1.82, 2.24) is 9.97 Å². The first kappa shape index (κ1) is 14.0. The lowest BCUT2D eigenvalue weighted by Gasteiger charge is -2.04. The standard InChI is InChI=1S/C19H12ClFN2/c20-17-7-6-13(9-18(17)21)14-8-15-16(11-23-19(15)22-10-14)12-4-2-1-3-5-12/h1-11H,(H,22,23). The van der Waals surface area contributed by atoms with Crippen molar-refractivity contribution < 1.29 is 4.39 Å². The molecule has 4 aromatic rings. The lowest BCUT2D eigenvalue weighted by atomic mass is 10.0. The van der Waals surface area contributed by atoms with Crippen LogP contribution in [-0.2, 0) is 0 Å². The molecular formula is C19H12ClFN2. The lowest BCUT2D eigenvalue weighted by molar-refractivity contribution is 0.629. The molecule has 0 aliphatic heterocycles. The molecule has 2 heterocycles. The van der Waals surface area contributed by atoms with Gasteiger partial charge in [0.05, 0.1) is 5.02 Å². The Morgan fingerprint density at radius 3 is 2.52 bits per heavy atom. The summed E-state index contributed by atoms with van der Waals surface area (Å²) >= 11 is 5.76. The maximum atomic E-state index is 13.7. The number of benzene rings is 2. The van der Waals surface area contributed by atoms with Crippen molar-refractivity contribution >= 4 is 22.6 Å². The maximum absolute atomic E-state index is 13.7. The highest BCUT2D eigenvalue weighted by atomic mass is 35.5. The zero-order valence-corrected chi connectivity index (χ0v) is 12.8. The predicted octanol–water partition coefficient (Wildman–Crippen LogP) is 5.69. The van der Waals surface area contributed by atoms with Crippen molar-refractivity contribution in [1.29, 1.82) is 0 Å². The summed E-state index contributed by atoms with van der Waals surface area (Å²) < 4.78 is 13.7. The fourth-order valence-electron chi connectivity index (χ4n) is 2.69. The van der Waals surface area contributed by atoms with Gasteiger partial charge in [0.2, 0.25) is 0 Å². The Hall–Kier alpha value is -2.65. The van der Waals surface area contributed by atoms with E-state index in [-0.39, 0.29) is 5.02 Å². The Kier molecular flexibility index (Phi) is 3.36. The molecule has 112 valence electrons. The molecule has 0 unspecified atom stereocenters. The number of hydrogen-bond donors (Lipinski definition) is 1. The summed E-state index contributed by atoms with van der Waals surface area (Å²) in [7, 11) is 0. The number of fused-ring (bicyclic) bond motifs is 1. The molecule has 0 radical (unpaired) electrons. The molecule has 2 aromatic carbocycles. The lowest BCUT2D eigenvalue weighted by Crippen LogP contribution is -1.85. The summed E-state index contributed by atoms with van der Waals surface area (Å²) in [6.07, 6.45) is 3.68. The van der Waals surface area contributed by atoms with E-state index in [1.165, 1.54) is 6.07 Å². The van der Waals surface area contributed by atoms with E-state index in [2.05, 4.69) is 22.1 Å². The highest BCUT2D eigenvalue weighted by Crippen LogP contribution is 2.31. The second kappa shape index (κ2) is 5.52. The normalized spacial score (nSPS) is 11.0. The number of halogens is 2. The number of nitrogens with zero attached hydrogens (tertiary/aromatic N) is 1. The van der Waals surface area contributed by atoms with Crippen LogP contribution in [0.3, 0.4) is 0 Å². The van der Waals surface area contributed by atoms with Crippen LogP contribution in [0, 0.1) is 5.82 Å². The van der Waals surface area contributed by atoms with E-state index in [1.807, 2.05) is 30.5 Å². The number of pyridine rings is 1. The van der Waals surface area contributed by atoms with Gasteiger partial charge in [-0.15, -0.1) is 0 Å². The van der Waals surface area contributed by atoms with Gasteiger partial charge in [-0.3, -0.25) is 0 Å². The molecule has 0 fully saturated rings. The van der Waals surface area contributed by atoms with Crippen LogP contribution in [0.5, 0.6) is 0 Å². The number of hydrogen-bond acceptors (Lipinski definition) is 1. The van der Waals surface area contributed by atoms with Gasteiger partial charge in [-0.25, -0.2) is 9.37 Å². The Morgan fingerprint density at radius 1 is 0.913 bits per heavy atom. The van der Waals surface area contributed by atoms with E-state index in [1.54, 1.807) is 18.3 Å². The van der Waals surface area contributed by atoms with E-state index >= 15 is 0 Å². The third kappa shape index (κ3) is 2.49. The quantitative estimate of drug-likeness (QED) is 0.504. The van der Waals surface area contributed by atoms with Crippen molar-refractivity contribution in [2.45, 2.75) is 0 Å². The molecule has 0 bridgehead atoms. The molecule has 1 N–H and O–H groups in total. The van der Waals surface area contributed by atoms with Crippen LogP contribution in [0.4, 0.5) is 4.39 Å². The monoisotopic (exact) mass is 322 g/mol. The number of aromatic amines is 1. The minimum absolute atomic E-state index is 0.120. The number of aromatic nitrogens is 2. The Labute approximate surface area is 137 Å². The van der Waals surface area contributed by atoms with Gasteiger partial charge in [-0.2, -0.15) is 0 Å². The van der Waals surface area contributed by atoms with Crippen LogP contribution in [0.1, 0.15) is 0 Å². The minimum atomic E-state index is -0.429. The zero-order valence-electron chi connectivity index (χ0n) is 12.1. The average Bonchev–Trinajstić information content (AvgIpc) is 3.01. The van der Waals surface area contributed by atoms with Gasteiger partial charge in [0.1, 0.15) is 11.5 Å². The van der Waals surface area contributed by atoms with Crippen LogP contribution < -0.4 is 0 Å². The predicted molar refractivity (Wildman–Crippen MR) is 91.9 cm³/mol. The number of nitrogens with one attached hydrogen (secondary N) is 1. The average molecular weight is 323 g/mol. The molecule has 0 saturated carbocycles. The first-order valence-corrected chi connectivity index (χ1v) is 7.58. The van der Waals surface area contributed by atoms with Gasteiger partial charge in [0, 0.05) is 28.9 Å². The minimum Gasteiger partial charge on any atom is -0.346 e. The molecule has 2 nitrogen and oxygen atoms in total.